The van der Waals surface area contributed by atoms with Crippen molar-refractivity contribution in [1.29, 1.82) is 0 Å². The Morgan fingerprint density at radius 2 is 2.21 bits per heavy atom. The van der Waals surface area contributed by atoms with Gasteiger partial charge >= 0.3 is 0 Å². The van der Waals surface area contributed by atoms with E-state index in [4.69, 9.17) is 0 Å². The van der Waals surface area contributed by atoms with Crippen LogP contribution in [0.25, 0.3) is 0 Å². The standard InChI is InChI=1S/C17H28N2/c1-2-11-19-17(10-9-15-6-3-4-7-15)13-16-8-5-12-18-14-16/h5,8,12,14-15,17,19H,2-4,6-7,9-11,13H2,1H3. The maximum Gasteiger partial charge on any atom is 0.0300 e. The van der Waals surface area contributed by atoms with Crippen LogP contribution in [0.2, 0.25) is 0 Å². The predicted octanol–water partition coefficient (Wildman–Crippen LogP) is 3.96. The molecule has 1 heterocycles. The van der Waals surface area contributed by atoms with Crippen molar-refractivity contribution in [3.63, 3.8) is 0 Å². The fraction of sp³-hybridized carbons (Fsp3) is 0.706. The van der Waals surface area contributed by atoms with E-state index in [0.717, 1.165) is 18.9 Å². The molecule has 0 bridgehead atoms. The second kappa shape index (κ2) is 8.31. The summed E-state index contributed by atoms with van der Waals surface area (Å²) in [6, 6.07) is 4.87. The van der Waals surface area contributed by atoms with E-state index in [-0.39, 0.29) is 0 Å². The molecule has 1 aliphatic rings. The van der Waals surface area contributed by atoms with Gasteiger partial charge in [-0.25, -0.2) is 0 Å². The predicted molar refractivity (Wildman–Crippen MR) is 81.2 cm³/mol. The molecule has 0 aromatic carbocycles. The Labute approximate surface area is 118 Å². The van der Waals surface area contributed by atoms with Crippen molar-refractivity contribution in [3.8, 4) is 0 Å². The molecule has 1 aliphatic carbocycles. The summed E-state index contributed by atoms with van der Waals surface area (Å²) in [4.78, 5) is 4.23. The number of aromatic nitrogens is 1. The lowest BCUT2D eigenvalue weighted by atomic mass is 9.95. The summed E-state index contributed by atoms with van der Waals surface area (Å²) in [6.07, 6.45) is 14.8. The third-order valence-corrected chi connectivity index (χ3v) is 4.29. The van der Waals surface area contributed by atoms with Gasteiger partial charge < -0.3 is 5.32 Å². The Balaban J connectivity index is 1.80. The highest BCUT2D eigenvalue weighted by Crippen LogP contribution is 2.29. The van der Waals surface area contributed by atoms with E-state index in [2.05, 4.69) is 23.3 Å². The van der Waals surface area contributed by atoms with Crippen LogP contribution in [0.15, 0.2) is 24.5 Å². The summed E-state index contributed by atoms with van der Waals surface area (Å²) in [5, 5.41) is 3.71. The molecule has 0 spiro atoms. The van der Waals surface area contributed by atoms with E-state index in [0.29, 0.717) is 6.04 Å². The Kier molecular flexibility index (Phi) is 6.35. The highest BCUT2D eigenvalue weighted by Gasteiger charge is 2.17. The van der Waals surface area contributed by atoms with Gasteiger partial charge in [0.15, 0.2) is 0 Å². The Bertz CT molecular complexity index is 330. The summed E-state index contributed by atoms with van der Waals surface area (Å²) in [7, 11) is 0. The third-order valence-electron chi connectivity index (χ3n) is 4.29. The largest absolute Gasteiger partial charge is 0.314 e. The van der Waals surface area contributed by atoms with Gasteiger partial charge in [-0.05, 0) is 49.8 Å². The highest BCUT2D eigenvalue weighted by molar-refractivity contribution is 5.10. The van der Waals surface area contributed by atoms with E-state index in [1.165, 1.54) is 50.5 Å². The van der Waals surface area contributed by atoms with Crippen molar-refractivity contribution in [3.05, 3.63) is 30.1 Å². The number of hydrogen-bond acceptors (Lipinski definition) is 2. The minimum Gasteiger partial charge on any atom is -0.314 e. The van der Waals surface area contributed by atoms with Crippen LogP contribution in [0.3, 0.4) is 0 Å². The maximum absolute atomic E-state index is 4.23. The van der Waals surface area contributed by atoms with Gasteiger partial charge in [-0.3, -0.25) is 4.98 Å². The molecule has 1 atom stereocenters. The van der Waals surface area contributed by atoms with Crippen LogP contribution in [-0.4, -0.2) is 17.6 Å². The minimum absolute atomic E-state index is 0.629. The number of nitrogens with zero attached hydrogens (tertiary/aromatic N) is 1. The first-order valence-corrected chi connectivity index (χ1v) is 8.00. The van der Waals surface area contributed by atoms with Crippen LogP contribution in [0.4, 0.5) is 0 Å². The molecule has 0 radical (unpaired) electrons. The van der Waals surface area contributed by atoms with Crippen molar-refractivity contribution in [2.24, 2.45) is 5.92 Å². The Morgan fingerprint density at radius 3 is 2.89 bits per heavy atom. The van der Waals surface area contributed by atoms with Gasteiger partial charge in [0, 0.05) is 18.4 Å². The van der Waals surface area contributed by atoms with Gasteiger partial charge in [0.05, 0.1) is 0 Å². The van der Waals surface area contributed by atoms with Crippen molar-refractivity contribution in [2.45, 2.75) is 64.3 Å². The summed E-state index contributed by atoms with van der Waals surface area (Å²) >= 11 is 0. The van der Waals surface area contributed by atoms with Gasteiger partial charge in [-0.15, -0.1) is 0 Å². The van der Waals surface area contributed by atoms with Crippen LogP contribution in [0, 0.1) is 5.92 Å². The molecule has 1 N–H and O–H groups in total. The van der Waals surface area contributed by atoms with Crippen LogP contribution >= 0.6 is 0 Å². The molecule has 1 aromatic rings. The van der Waals surface area contributed by atoms with Crippen LogP contribution in [0.1, 0.15) is 57.4 Å². The van der Waals surface area contributed by atoms with Crippen molar-refractivity contribution in [2.75, 3.05) is 6.54 Å². The van der Waals surface area contributed by atoms with Crippen LogP contribution < -0.4 is 5.32 Å². The van der Waals surface area contributed by atoms with Gasteiger partial charge in [0.2, 0.25) is 0 Å². The highest BCUT2D eigenvalue weighted by atomic mass is 14.9. The van der Waals surface area contributed by atoms with Gasteiger partial charge in [-0.1, -0.05) is 38.7 Å². The van der Waals surface area contributed by atoms with E-state index >= 15 is 0 Å². The number of pyridine rings is 1. The quantitative estimate of drug-likeness (QED) is 0.765. The van der Waals surface area contributed by atoms with Gasteiger partial charge in [0.1, 0.15) is 0 Å². The zero-order chi connectivity index (χ0) is 13.3. The average molecular weight is 260 g/mol. The van der Waals surface area contributed by atoms with E-state index in [1.807, 2.05) is 18.5 Å². The molecule has 0 amide bonds. The number of rotatable bonds is 8. The average Bonchev–Trinajstić information content (AvgIpc) is 2.96. The van der Waals surface area contributed by atoms with Crippen LogP contribution in [-0.2, 0) is 6.42 Å². The smallest absolute Gasteiger partial charge is 0.0300 e. The lowest BCUT2D eigenvalue weighted by molar-refractivity contribution is 0.402. The first-order chi connectivity index (χ1) is 9.38. The second-order valence-corrected chi connectivity index (χ2v) is 5.94. The molecule has 2 rings (SSSR count). The molecule has 2 heteroatoms. The van der Waals surface area contributed by atoms with Crippen LogP contribution in [0.5, 0.6) is 0 Å². The Morgan fingerprint density at radius 1 is 1.37 bits per heavy atom. The fourth-order valence-corrected chi connectivity index (χ4v) is 3.16. The minimum atomic E-state index is 0.629. The van der Waals surface area contributed by atoms with Gasteiger partial charge in [0.25, 0.3) is 0 Å². The van der Waals surface area contributed by atoms with Crippen molar-refractivity contribution < 1.29 is 0 Å². The lowest BCUT2D eigenvalue weighted by Gasteiger charge is -2.20. The topological polar surface area (TPSA) is 24.9 Å². The van der Waals surface area contributed by atoms with E-state index in [1.54, 1.807) is 0 Å². The summed E-state index contributed by atoms with van der Waals surface area (Å²) in [6.45, 7) is 3.38. The SMILES string of the molecule is CCCNC(CCC1CCCC1)Cc1cccnc1. The van der Waals surface area contributed by atoms with Gasteiger partial charge in [-0.2, -0.15) is 0 Å². The normalized spacial score (nSPS) is 17.7. The number of hydrogen-bond donors (Lipinski definition) is 1. The van der Waals surface area contributed by atoms with Crippen molar-refractivity contribution in [1.82, 2.24) is 10.3 Å². The molecule has 1 saturated carbocycles. The van der Waals surface area contributed by atoms with E-state index in [9.17, 15) is 0 Å². The zero-order valence-corrected chi connectivity index (χ0v) is 12.3. The monoisotopic (exact) mass is 260 g/mol. The molecule has 19 heavy (non-hydrogen) atoms. The summed E-state index contributed by atoms with van der Waals surface area (Å²) in [5.41, 5.74) is 1.36. The molecule has 0 saturated heterocycles. The molecule has 1 unspecified atom stereocenters. The lowest BCUT2D eigenvalue weighted by Crippen LogP contribution is -2.32. The van der Waals surface area contributed by atoms with Crippen molar-refractivity contribution >= 4 is 0 Å². The number of nitrogens with one attached hydrogen (secondary N) is 1. The molecular formula is C17H28N2. The van der Waals surface area contributed by atoms with E-state index < -0.39 is 0 Å². The first kappa shape index (κ1) is 14.5. The second-order valence-electron chi connectivity index (χ2n) is 5.94. The molecule has 2 nitrogen and oxygen atoms in total. The summed E-state index contributed by atoms with van der Waals surface area (Å²) in [5.74, 6) is 1.000. The molecule has 1 aromatic heterocycles. The third kappa shape index (κ3) is 5.32. The Hall–Kier alpha value is -0.890. The fourth-order valence-electron chi connectivity index (χ4n) is 3.16. The zero-order valence-electron chi connectivity index (χ0n) is 12.3. The summed E-state index contributed by atoms with van der Waals surface area (Å²) < 4.78 is 0. The molecule has 106 valence electrons. The molecule has 1 fully saturated rings. The maximum atomic E-state index is 4.23. The first-order valence-electron chi connectivity index (χ1n) is 8.00. The molecule has 0 aliphatic heterocycles. The molecular weight excluding hydrogens is 232 g/mol.